The molecule has 3 aromatic carbocycles. The molecule has 26 heavy (non-hydrogen) atoms. The van der Waals surface area contributed by atoms with Crippen LogP contribution in [0.25, 0.3) is 10.8 Å². The number of phenolic OH excluding ortho intramolecular Hbond substituents is 2. The maximum Gasteiger partial charge on any atom is 0.275 e. The summed E-state index contributed by atoms with van der Waals surface area (Å²) in [4.78, 5) is 12.3. The number of aromatic hydroxyl groups is 2. The SMILES string of the molecule is COc1cc(/C=N/NC(=O)c2cc3ccccc3cc2O)c(Br)cc1O. The number of methoxy groups -OCH3 is 1. The van der Waals surface area contributed by atoms with Crippen LogP contribution in [-0.2, 0) is 0 Å². The maximum absolute atomic E-state index is 12.3. The van der Waals surface area contributed by atoms with Gasteiger partial charge in [-0.1, -0.05) is 24.3 Å². The average molecular weight is 415 g/mol. The maximum atomic E-state index is 12.3. The van der Waals surface area contributed by atoms with Crippen molar-refractivity contribution in [2.24, 2.45) is 5.10 Å². The number of rotatable bonds is 4. The van der Waals surface area contributed by atoms with Crippen molar-refractivity contribution in [1.29, 1.82) is 0 Å². The quantitative estimate of drug-likeness (QED) is 0.447. The Morgan fingerprint density at radius 3 is 2.50 bits per heavy atom. The number of amides is 1. The standard InChI is InChI=1S/C19H15BrN2O4/c1-26-18-8-13(15(20)9-17(18)24)10-21-22-19(25)14-6-11-4-2-3-5-12(11)7-16(14)23/h2-10,23-24H,1H3,(H,22,25)/b21-10+. The van der Waals surface area contributed by atoms with Crippen LogP contribution in [0.1, 0.15) is 15.9 Å². The van der Waals surface area contributed by atoms with E-state index in [1.807, 2.05) is 24.3 Å². The third-order valence-electron chi connectivity index (χ3n) is 3.78. The van der Waals surface area contributed by atoms with Crippen LogP contribution in [0.15, 0.2) is 58.1 Å². The summed E-state index contributed by atoms with van der Waals surface area (Å²) in [6.07, 6.45) is 1.40. The monoisotopic (exact) mass is 414 g/mol. The van der Waals surface area contributed by atoms with E-state index in [9.17, 15) is 15.0 Å². The number of phenols is 2. The van der Waals surface area contributed by atoms with Gasteiger partial charge in [-0.05, 0) is 51.0 Å². The highest BCUT2D eigenvalue weighted by molar-refractivity contribution is 9.10. The molecule has 0 atom stereocenters. The zero-order valence-electron chi connectivity index (χ0n) is 13.7. The Morgan fingerprint density at radius 2 is 1.81 bits per heavy atom. The lowest BCUT2D eigenvalue weighted by molar-refractivity contribution is 0.0952. The molecule has 0 unspecified atom stereocenters. The van der Waals surface area contributed by atoms with Crippen LogP contribution >= 0.6 is 15.9 Å². The van der Waals surface area contributed by atoms with Crippen LogP contribution in [0.3, 0.4) is 0 Å². The first kappa shape index (κ1) is 17.8. The van der Waals surface area contributed by atoms with E-state index >= 15 is 0 Å². The molecule has 0 fully saturated rings. The van der Waals surface area contributed by atoms with Crippen molar-refractivity contribution in [2.45, 2.75) is 0 Å². The third-order valence-corrected chi connectivity index (χ3v) is 4.46. The number of hydrazone groups is 1. The minimum Gasteiger partial charge on any atom is -0.507 e. The minimum absolute atomic E-state index is 0.0124. The van der Waals surface area contributed by atoms with Crippen molar-refractivity contribution in [3.05, 3.63) is 64.1 Å². The number of halogens is 1. The summed E-state index contributed by atoms with van der Waals surface area (Å²) in [7, 11) is 1.44. The van der Waals surface area contributed by atoms with Gasteiger partial charge in [0.05, 0.1) is 18.9 Å². The summed E-state index contributed by atoms with van der Waals surface area (Å²) in [5.41, 5.74) is 3.11. The van der Waals surface area contributed by atoms with Gasteiger partial charge in [0.1, 0.15) is 5.75 Å². The first-order chi connectivity index (χ1) is 12.5. The summed E-state index contributed by atoms with van der Waals surface area (Å²) in [6.45, 7) is 0. The van der Waals surface area contributed by atoms with Gasteiger partial charge < -0.3 is 14.9 Å². The predicted octanol–water partition coefficient (Wildman–Crippen LogP) is 3.79. The average Bonchev–Trinajstić information content (AvgIpc) is 2.62. The molecule has 3 aromatic rings. The molecule has 0 bridgehead atoms. The highest BCUT2D eigenvalue weighted by Gasteiger charge is 2.12. The first-order valence-corrected chi connectivity index (χ1v) is 8.40. The van der Waals surface area contributed by atoms with Gasteiger partial charge in [0.25, 0.3) is 5.91 Å². The largest absolute Gasteiger partial charge is 0.507 e. The lowest BCUT2D eigenvalue weighted by Gasteiger charge is -2.07. The Kier molecular flexibility index (Phi) is 5.09. The molecule has 0 saturated heterocycles. The smallest absolute Gasteiger partial charge is 0.275 e. The molecular formula is C19H15BrN2O4. The van der Waals surface area contributed by atoms with E-state index in [2.05, 4.69) is 26.5 Å². The number of carbonyl (C=O) groups is 1. The molecular weight excluding hydrogens is 400 g/mol. The van der Waals surface area contributed by atoms with Gasteiger partial charge in [-0.25, -0.2) is 5.43 Å². The van der Waals surface area contributed by atoms with Crippen molar-refractivity contribution >= 4 is 38.8 Å². The molecule has 6 nitrogen and oxygen atoms in total. The van der Waals surface area contributed by atoms with Gasteiger partial charge in [-0.2, -0.15) is 5.10 Å². The number of hydrogen-bond donors (Lipinski definition) is 3. The molecule has 3 rings (SSSR count). The Bertz CT molecular complexity index is 1020. The molecule has 0 aliphatic carbocycles. The molecule has 0 aliphatic rings. The van der Waals surface area contributed by atoms with Crippen LogP contribution < -0.4 is 10.2 Å². The summed E-state index contributed by atoms with van der Waals surface area (Å²) in [5, 5.41) is 25.4. The Balaban J connectivity index is 1.81. The fourth-order valence-corrected chi connectivity index (χ4v) is 2.89. The summed E-state index contributed by atoms with van der Waals surface area (Å²) in [6, 6.07) is 13.6. The lowest BCUT2D eigenvalue weighted by atomic mass is 10.1. The Labute approximate surface area is 157 Å². The molecule has 0 aromatic heterocycles. The van der Waals surface area contributed by atoms with Crippen LogP contribution in [0.5, 0.6) is 17.2 Å². The Hall–Kier alpha value is -3.06. The van der Waals surface area contributed by atoms with E-state index in [0.717, 1.165) is 10.8 Å². The van der Waals surface area contributed by atoms with Gasteiger partial charge in [-0.15, -0.1) is 0 Å². The molecule has 0 aliphatic heterocycles. The predicted molar refractivity (Wildman–Crippen MR) is 103 cm³/mol. The van der Waals surface area contributed by atoms with Gasteiger partial charge in [-0.3, -0.25) is 4.79 Å². The summed E-state index contributed by atoms with van der Waals surface area (Å²) in [5.74, 6) is -0.384. The summed E-state index contributed by atoms with van der Waals surface area (Å²) >= 11 is 3.30. The molecule has 3 N–H and O–H groups in total. The van der Waals surface area contributed by atoms with Crippen molar-refractivity contribution in [3.8, 4) is 17.2 Å². The fraction of sp³-hybridized carbons (Fsp3) is 0.0526. The van der Waals surface area contributed by atoms with Crippen molar-refractivity contribution < 1.29 is 19.7 Å². The molecule has 7 heteroatoms. The van der Waals surface area contributed by atoms with Gasteiger partial charge in [0, 0.05) is 10.0 Å². The molecule has 0 saturated carbocycles. The number of benzene rings is 3. The van der Waals surface area contributed by atoms with E-state index in [0.29, 0.717) is 10.0 Å². The fourth-order valence-electron chi connectivity index (χ4n) is 2.45. The summed E-state index contributed by atoms with van der Waals surface area (Å²) < 4.78 is 5.63. The number of nitrogens with zero attached hydrogens (tertiary/aromatic N) is 1. The van der Waals surface area contributed by atoms with Crippen molar-refractivity contribution in [1.82, 2.24) is 5.43 Å². The molecule has 0 heterocycles. The van der Waals surface area contributed by atoms with Crippen molar-refractivity contribution in [2.75, 3.05) is 7.11 Å². The van der Waals surface area contributed by atoms with Gasteiger partial charge in [0.2, 0.25) is 0 Å². The van der Waals surface area contributed by atoms with Crippen LogP contribution in [0.4, 0.5) is 0 Å². The number of carbonyl (C=O) groups excluding carboxylic acids is 1. The topological polar surface area (TPSA) is 91.2 Å². The molecule has 1 amide bonds. The second kappa shape index (κ2) is 7.45. The number of nitrogens with one attached hydrogen (secondary N) is 1. The second-order valence-electron chi connectivity index (χ2n) is 5.46. The van der Waals surface area contributed by atoms with Gasteiger partial charge in [0.15, 0.2) is 11.5 Å². The molecule has 132 valence electrons. The van der Waals surface area contributed by atoms with Crippen LogP contribution in [0.2, 0.25) is 0 Å². The highest BCUT2D eigenvalue weighted by Crippen LogP contribution is 2.31. The zero-order chi connectivity index (χ0) is 18.7. The van der Waals surface area contributed by atoms with E-state index in [4.69, 9.17) is 4.74 Å². The molecule has 0 spiro atoms. The van der Waals surface area contributed by atoms with E-state index in [1.54, 1.807) is 12.1 Å². The van der Waals surface area contributed by atoms with E-state index < -0.39 is 5.91 Å². The highest BCUT2D eigenvalue weighted by atomic mass is 79.9. The van der Waals surface area contributed by atoms with Crippen LogP contribution in [0, 0.1) is 0 Å². The lowest BCUT2D eigenvalue weighted by Crippen LogP contribution is -2.17. The Morgan fingerprint density at radius 1 is 1.12 bits per heavy atom. The van der Waals surface area contributed by atoms with E-state index in [-0.39, 0.29) is 22.8 Å². The van der Waals surface area contributed by atoms with Gasteiger partial charge >= 0.3 is 0 Å². The first-order valence-electron chi connectivity index (χ1n) is 7.61. The number of hydrogen-bond acceptors (Lipinski definition) is 5. The minimum atomic E-state index is -0.536. The van der Waals surface area contributed by atoms with E-state index in [1.165, 1.54) is 25.5 Å². The number of fused-ring (bicyclic) bond motifs is 1. The number of ether oxygens (including phenoxy) is 1. The third kappa shape index (κ3) is 3.62. The zero-order valence-corrected chi connectivity index (χ0v) is 15.3. The van der Waals surface area contributed by atoms with Crippen molar-refractivity contribution in [3.63, 3.8) is 0 Å². The normalized spacial score (nSPS) is 11.0. The van der Waals surface area contributed by atoms with Crippen LogP contribution in [-0.4, -0.2) is 29.4 Å². The molecule has 0 radical (unpaired) electrons. The second-order valence-corrected chi connectivity index (χ2v) is 6.32.